The van der Waals surface area contributed by atoms with Gasteiger partial charge in [-0.2, -0.15) is 0 Å². The zero-order valence-electron chi connectivity index (χ0n) is 44.2. The van der Waals surface area contributed by atoms with Gasteiger partial charge in [-0.25, -0.2) is 0 Å². The van der Waals surface area contributed by atoms with Crippen molar-refractivity contribution in [2.24, 2.45) is 0 Å². The molecule has 1 atom stereocenters. The molecule has 0 aliphatic rings. The molecule has 0 fully saturated rings. The summed E-state index contributed by atoms with van der Waals surface area (Å²) in [5.41, 5.74) is 0. The van der Waals surface area contributed by atoms with Crippen LogP contribution in [0, 0.1) is 0 Å². The Balaban J connectivity index is 4.44. The van der Waals surface area contributed by atoms with Crippen LogP contribution in [0.1, 0.15) is 278 Å². The van der Waals surface area contributed by atoms with Crippen molar-refractivity contribution >= 4 is 17.9 Å². The minimum absolute atomic E-state index is 0.0898. The highest BCUT2D eigenvalue weighted by molar-refractivity contribution is 5.71. The topological polar surface area (TPSA) is 78.9 Å². The molecule has 0 saturated heterocycles. The zero-order valence-corrected chi connectivity index (χ0v) is 44.2. The maximum atomic E-state index is 12.8. The Hall–Kier alpha value is -3.15. The molecule has 67 heavy (non-hydrogen) atoms. The number of ether oxygens (including phenoxy) is 3. The molecule has 386 valence electrons. The van der Waals surface area contributed by atoms with Gasteiger partial charge in [0.05, 0.1) is 0 Å². The van der Waals surface area contributed by atoms with Crippen LogP contribution in [0.3, 0.4) is 0 Å². The van der Waals surface area contributed by atoms with Crippen molar-refractivity contribution in [2.45, 2.75) is 284 Å². The van der Waals surface area contributed by atoms with Gasteiger partial charge < -0.3 is 14.2 Å². The summed E-state index contributed by atoms with van der Waals surface area (Å²) in [5.74, 6) is -0.919. The first-order chi connectivity index (χ1) is 33.0. The molecule has 0 aromatic heterocycles. The fourth-order valence-corrected chi connectivity index (χ4v) is 7.89. The molecule has 0 aliphatic carbocycles. The number of unbranched alkanes of at least 4 members (excludes halogenated alkanes) is 28. The normalized spacial score (nSPS) is 12.6. The zero-order chi connectivity index (χ0) is 48.6. The van der Waals surface area contributed by atoms with E-state index in [-0.39, 0.29) is 31.1 Å². The summed E-state index contributed by atoms with van der Waals surface area (Å²) in [4.78, 5) is 38.1. The van der Waals surface area contributed by atoms with Gasteiger partial charge in [0.2, 0.25) is 0 Å². The van der Waals surface area contributed by atoms with Crippen molar-refractivity contribution in [3.63, 3.8) is 0 Å². The van der Waals surface area contributed by atoms with Gasteiger partial charge in [-0.05, 0) is 109 Å². The van der Waals surface area contributed by atoms with E-state index in [4.69, 9.17) is 14.2 Å². The summed E-state index contributed by atoms with van der Waals surface area (Å²) in [6, 6.07) is 0. The first kappa shape index (κ1) is 63.8. The van der Waals surface area contributed by atoms with Crippen LogP contribution in [0.4, 0.5) is 0 Å². The molecule has 0 unspecified atom stereocenters. The number of allylic oxidation sites excluding steroid dienone is 12. The average molecular weight is 936 g/mol. The molecule has 6 nitrogen and oxygen atoms in total. The van der Waals surface area contributed by atoms with Gasteiger partial charge in [0.1, 0.15) is 13.2 Å². The molecule has 0 radical (unpaired) electrons. The number of carbonyl (C=O) groups is 3. The minimum Gasteiger partial charge on any atom is -0.462 e. The molecule has 6 heteroatoms. The van der Waals surface area contributed by atoms with Gasteiger partial charge in [-0.1, -0.05) is 222 Å². The molecular formula is C61H106O6. The smallest absolute Gasteiger partial charge is 0.306 e. The molecule has 0 spiro atoms. The SMILES string of the molecule is CC/C=C\C/C=C\C/C=C\C/C=C\CCCCCCC(=O)O[C@@H](COC(=O)CCCCCCC/C=C\CCCCCCCC)COC(=O)CCCCCCCCC/C=C\CCCCCCCC. The van der Waals surface area contributed by atoms with E-state index in [0.717, 1.165) is 103 Å². The Kier molecular flexibility index (Phi) is 52.8. The molecular weight excluding hydrogens is 829 g/mol. The fourth-order valence-electron chi connectivity index (χ4n) is 7.89. The van der Waals surface area contributed by atoms with Crippen LogP contribution in [-0.2, 0) is 28.6 Å². The van der Waals surface area contributed by atoms with E-state index in [0.29, 0.717) is 19.3 Å². The summed E-state index contributed by atoms with van der Waals surface area (Å²) >= 11 is 0. The van der Waals surface area contributed by atoms with Gasteiger partial charge in [0, 0.05) is 19.3 Å². The predicted molar refractivity (Wildman–Crippen MR) is 288 cm³/mol. The van der Waals surface area contributed by atoms with Crippen molar-refractivity contribution in [3.05, 3.63) is 72.9 Å². The standard InChI is InChI=1S/C61H106O6/c1-4-7-10-13-16-19-22-25-28-30-33-36-39-42-45-48-51-54-60(63)66-57-58(56-65-59(62)53-50-47-44-41-38-35-32-27-24-21-18-15-12-9-6-3)67-61(64)55-52-49-46-43-40-37-34-31-29-26-23-20-17-14-11-8-5-2/h8,11,17,20,25-29,32,34,37,58H,4-7,9-10,12-16,18-19,21-24,30-31,33,35-36,38-57H2,1-3H3/b11-8-,20-17-,28-25-,29-26-,32-27-,37-34-/t58-/m0/s1. The number of hydrogen-bond acceptors (Lipinski definition) is 6. The highest BCUT2D eigenvalue weighted by Crippen LogP contribution is 2.15. The molecule has 0 aromatic carbocycles. The molecule has 0 saturated carbocycles. The number of hydrogen-bond donors (Lipinski definition) is 0. The van der Waals surface area contributed by atoms with E-state index in [1.807, 2.05) is 0 Å². The van der Waals surface area contributed by atoms with E-state index in [9.17, 15) is 14.4 Å². The Morgan fingerprint density at radius 3 is 0.925 bits per heavy atom. The van der Waals surface area contributed by atoms with Crippen LogP contribution < -0.4 is 0 Å². The molecule has 0 bridgehead atoms. The second-order valence-electron chi connectivity index (χ2n) is 18.8. The first-order valence-corrected chi connectivity index (χ1v) is 28.4. The molecule has 0 aliphatic heterocycles. The second-order valence-corrected chi connectivity index (χ2v) is 18.8. The van der Waals surface area contributed by atoms with E-state index in [2.05, 4.69) is 93.7 Å². The molecule has 0 amide bonds. The average Bonchev–Trinajstić information content (AvgIpc) is 3.33. The van der Waals surface area contributed by atoms with Crippen molar-refractivity contribution < 1.29 is 28.6 Å². The first-order valence-electron chi connectivity index (χ1n) is 28.4. The van der Waals surface area contributed by atoms with E-state index < -0.39 is 6.10 Å². The lowest BCUT2D eigenvalue weighted by Crippen LogP contribution is -2.30. The molecule has 0 N–H and O–H groups in total. The Morgan fingerprint density at radius 2 is 0.582 bits per heavy atom. The molecule has 0 rings (SSSR count). The monoisotopic (exact) mass is 935 g/mol. The lowest BCUT2D eigenvalue weighted by atomic mass is 10.1. The van der Waals surface area contributed by atoms with Gasteiger partial charge >= 0.3 is 17.9 Å². The van der Waals surface area contributed by atoms with Gasteiger partial charge in [-0.15, -0.1) is 0 Å². The number of carbonyl (C=O) groups excluding carboxylic acids is 3. The highest BCUT2D eigenvalue weighted by atomic mass is 16.6. The van der Waals surface area contributed by atoms with Crippen molar-refractivity contribution in [1.29, 1.82) is 0 Å². The predicted octanol–water partition coefficient (Wildman–Crippen LogP) is 19.0. The third-order valence-electron chi connectivity index (χ3n) is 12.2. The van der Waals surface area contributed by atoms with Gasteiger partial charge in [0.15, 0.2) is 6.10 Å². The summed E-state index contributed by atoms with van der Waals surface area (Å²) in [6.45, 7) is 6.50. The quantitative estimate of drug-likeness (QED) is 0.0262. The maximum Gasteiger partial charge on any atom is 0.306 e. The second kappa shape index (κ2) is 55.4. The lowest BCUT2D eigenvalue weighted by Gasteiger charge is -2.18. The van der Waals surface area contributed by atoms with E-state index in [1.165, 1.54) is 135 Å². The number of esters is 3. The Morgan fingerprint density at radius 1 is 0.313 bits per heavy atom. The van der Waals surface area contributed by atoms with Crippen LogP contribution in [0.5, 0.6) is 0 Å². The van der Waals surface area contributed by atoms with Crippen LogP contribution in [0.15, 0.2) is 72.9 Å². The van der Waals surface area contributed by atoms with Crippen molar-refractivity contribution in [1.82, 2.24) is 0 Å². The van der Waals surface area contributed by atoms with Crippen molar-refractivity contribution in [2.75, 3.05) is 13.2 Å². The maximum absolute atomic E-state index is 12.8. The van der Waals surface area contributed by atoms with Gasteiger partial charge in [-0.3, -0.25) is 14.4 Å². The third-order valence-corrected chi connectivity index (χ3v) is 12.2. The van der Waals surface area contributed by atoms with E-state index in [1.54, 1.807) is 0 Å². The van der Waals surface area contributed by atoms with Gasteiger partial charge in [0.25, 0.3) is 0 Å². The number of rotatable bonds is 51. The summed E-state index contributed by atoms with van der Waals surface area (Å²) < 4.78 is 16.8. The minimum atomic E-state index is -0.793. The largest absolute Gasteiger partial charge is 0.462 e. The molecule has 0 aromatic rings. The molecule has 0 heterocycles. The fraction of sp³-hybridized carbons (Fsp3) is 0.754. The lowest BCUT2D eigenvalue weighted by molar-refractivity contribution is -0.167. The Bertz CT molecular complexity index is 1260. The van der Waals surface area contributed by atoms with Crippen molar-refractivity contribution in [3.8, 4) is 0 Å². The third kappa shape index (κ3) is 53.7. The summed E-state index contributed by atoms with van der Waals surface area (Å²) in [5, 5.41) is 0. The van der Waals surface area contributed by atoms with Crippen LogP contribution in [0.2, 0.25) is 0 Å². The van der Waals surface area contributed by atoms with Crippen LogP contribution >= 0.6 is 0 Å². The van der Waals surface area contributed by atoms with E-state index >= 15 is 0 Å². The van der Waals surface area contributed by atoms with Crippen LogP contribution in [0.25, 0.3) is 0 Å². The summed E-state index contributed by atoms with van der Waals surface area (Å²) in [6.07, 6.45) is 70.3. The Labute approximate surface area is 414 Å². The summed E-state index contributed by atoms with van der Waals surface area (Å²) in [7, 11) is 0. The van der Waals surface area contributed by atoms with Crippen LogP contribution in [-0.4, -0.2) is 37.2 Å². The highest BCUT2D eigenvalue weighted by Gasteiger charge is 2.19.